The normalized spacial score (nSPS) is 14.5. The fourth-order valence-corrected chi connectivity index (χ4v) is 6.52. The number of aromatic amines is 1. The van der Waals surface area contributed by atoms with E-state index in [1.54, 1.807) is 26.2 Å². The minimum absolute atomic E-state index is 0.292. The number of nitrogens with zero attached hydrogens (tertiary/aromatic N) is 4. The molecule has 0 spiro atoms. The predicted octanol–water partition coefficient (Wildman–Crippen LogP) is 2.91. The highest BCUT2D eigenvalue weighted by Crippen LogP contribution is 2.34. The molecule has 0 bridgehead atoms. The summed E-state index contributed by atoms with van der Waals surface area (Å²) in [6, 6.07) is 1.82. The number of H-pyrrole nitrogens is 1. The number of aryl methyl sites for hydroxylation is 1. The molecule has 4 aromatic rings. The molecule has 0 unspecified atom stereocenters. The van der Waals surface area contributed by atoms with E-state index in [1.165, 1.54) is 11.3 Å². The molecule has 4 N–H and O–H groups in total. The van der Waals surface area contributed by atoms with Crippen molar-refractivity contribution in [2.75, 3.05) is 25.0 Å². The van der Waals surface area contributed by atoms with Gasteiger partial charge in [-0.05, 0) is 37.1 Å². The van der Waals surface area contributed by atoms with Crippen LogP contribution in [0.4, 0.5) is 10.8 Å². The fraction of sp³-hybridized carbons (Fsp3) is 0.286. The van der Waals surface area contributed by atoms with Gasteiger partial charge in [0.15, 0.2) is 11.5 Å². The Morgan fingerprint density at radius 2 is 2.18 bits per heavy atom. The number of hydrogen-bond donors (Lipinski definition) is 4. The third-order valence-electron chi connectivity index (χ3n) is 5.33. The highest BCUT2D eigenvalue weighted by molar-refractivity contribution is 7.91. The zero-order valence-electron chi connectivity index (χ0n) is 18.2. The first-order chi connectivity index (χ1) is 16.0. The summed E-state index contributed by atoms with van der Waals surface area (Å²) < 4.78 is 29.9. The Balaban J connectivity index is 1.61. The molecule has 0 saturated carbocycles. The minimum atomic E-state index is -3.55. The summed E-state index contributed by atoms with van der Waals surface area (Å²) in [5.41, 5.74) is 5.04. The Morgan fingerprint density at radius 1 is 1.30 bits per heavy atom. The zero-order chi connectivity index (χ0) is 23.0. The summed E-state index contributed by atoms with van der Waals surface area (Å²) >= 11 is 1.18. The first-order valence-corrected chi connectivity index (χ1v) is 12.9. The van der Waals surface area contributed by atoms with Crippen molar-refractivity contribution >= 4 is 43.4 Å². The zero-order valence-corrected chi connectivity index (χ0v) is 19.8. The van der Waals surface area contributed by atoms with E-state index in [-0.39, 0.29) is 0 Å². The second-order valence-corrected chi connectivity index (χ2v) is 10.7. The van der Waals surface area contributed by atoms with Crippen LogP contribution in [0.2, 0.25) is 0 Å². The highest BCUT2D eigenvalue weighted by atomic mass is 32.2. The van der Waals surface area contributed by atoms with Gasteiger partial charge in [0.2, 0.25) is 10.0 Å². The molecule has 1 aliphatic rings. The Bertz CT molecular complexity index is 1430. The molecule has 0 fully saturated rings. The molecule has 0 radical (unpaired) electrons. The average molecular weight is 485 g/mol. The predicted molar refractivity (Wildman–Crippen MR) is 129 cm³/mol. The maximum absolute atomic E-state index is 12.5. The first-order valence-electron chi connectivity index (χ1n) is 10.6. The molecule has 4 aromatic heterocycles. The first kappa shape index (κ1) is 21.8. The van der Waals surface area contributed by atoms with Crippen LogP contribution in [-0.4, -0.2) is 52.6 Å². The molecule has 0 aliphatic carbocycles. The lowest BCUT2D eigenvalue weighted by Gasteiger charge is -2.16. The van der Waals surface area contributed by atoms with Crippen LogP contribution in [0.25, 0.3) is 22.5 Å². The van der Waals surface area contributed by atoms with E-state index in [9.17, 15) is 8.42 Å². The van der Waals surface area contributed by atoms with Crippen molar-refractivity contribution in [2.24, 2.45) is 0 Å². The molecule has 33 heavy (non-hydrogen) atoms. The lowest BCUT2D eigenvalue weighted by molar-refractivity contribution is 0.585. The second kappa shape index (κ2) is 8.71. The summed E-state index contributed by atoms with van der Waals surface area (Å²) in [4.78, 5) is 9.47. The van der Waals surface area contributed by atoms with E-state index in [0.717, 1.165) is 42.0 Å². The van der Waals surface area contributed by atoms with Crippen LogP contribution in [0.3, 0.4) is 0 Å². The van der Waals surface area contributed by atoms with Crippen LogP contribution >= 0.6 is 11.3 Å². The van der Waals surface area contributed by atoms with E-state index < -0.39 is 10.0 Å². The standard InChI is InChI=1S/C21H24N8O2S2/c1-3-26-33(30,31)21-13(2)7-18(32-21)28-19-20-23-11-17(15-9-24-25-10-15)29(20)12-16(27-19)14-5-4-6-22-8-14/h5,7,9-12,22,26H,3-4,6,8H2,1-2H3,(H,24,25)(H,27,28). The van der Waals surface area contributed by atoms with E-state index in [0.29, 0.717) is 32.8 Å². The van der Waals surface area contributed by atoms with E-state index in [2.05, 4.69) is 36.6 Å². The number of nitrogens with one attached hydrogen (secondary N) is 4. The number of imidazole rings is 1. The van der Waals surface area contributed by atoms with Gasteiger partial charge in [0.25, 0.3) is 0 Å². The average Bonchev–Trinajstić information content (AvgIpc) is 3.54. The number of hydrogen-bond acceptors (Lipinski definition) is 8. The molecule has 172 valence electrons. The van der Waals surface area contributed by atoms with Crippen LogP contribution < -0.4 is 15.4 Å². The third-order valence-corrected chi connectivity index (χ3v) is 8.67. The number of rotatable bonds is 7. The fourth-order valence-electron chi connectivity index (χ4n) is 3.84. The number of anilines is 2. The topological polar surface area (TPSA) is 129 Å². The smallest absolute Gasteiger partial charge is 0.250 e. The van der Waals surface area contributed by atoms with Crippen LogP contribution in [0.15, 0.2) is 41.1 Å². The van der Waals surface area contributed by atoms with Gasteiger partial charge in [0.05, 0.1) is 28.8 Å². The molecule has 1 aliphatic heterocycles. The van der Waals surface area contributed by atoms with Gasteiger partial charge in [-0.2, -0.15) is 5.10 Å². The second-order valence-electron chi connectivity index (χ2n) is 7.70. The maximum atomic E-state index is 12.5. The van der Waals surface area contributed by atoms with Gasteiger partial charge < -0.3 is 10.6 Å². The van der Waals surface area contributed by atoms with Crippen LogP contribution in [-0.2, 0) is 10.0 Å². The van der Waals surface area contributed by atoms with Crippen LogP contribution in [0, 0.1) is 6.92 Å². The van der Waals surface area contributed by atoms with E-state index in [4.69, 9.17) is 4.98 Å². The number of aromatic nitrogens is 5. The van der Waals surface area contributed by atoms with Crippen LogP contribution in [0.1, 0.15) is 24.6 Å². The Labute approximate surface area is 195 Å². The van der Waals surface area contributed by atoms with Gasteiger partial charge in [-0.15, -0.1) is 11.3 Å². The molecule has 12 heteroatoms. The molecular weight excluding hydrogens is 460 g/mol. The van der Waals surface area contributed by atoms with Crippen LogP contribution in [0.5, 0.6) is 0 Å². The van der Waals surface area contributed by atoms with E-state index >= 15 is 0 Å². The Hall–Kier alpha value is -3.06. The van der Waals surface area contributed by atoms with Crippen molar-refractivity contribution in [3.8, 4) is 11.3 Å². The van der Waals surface area contributed by atoms with Crippen molar-refractivity contribution in [3.05, 3.63) is 48.2 Å². The summed E-state index contributed by atoms with van der Waals surface area (Å²) in [7, 11) is -3.55. The van der Waals surface area contributed by atoms with Crippen molar-refractivity contribution in [1.29, 1.82) is 0 Å². The summed E-state index contributed by atoms with van der Waals surface area (Å²) in [6.07, 6.45) is 10.5. The van der Waals surface area contributed by atoms with Gasteiger partial charge in [0, 0.05) is 31.0 Å². The molecule has 5 heterocycles. The maximum Gasteiger partial charge on any atom is 0.250 e. The lowest BCUT2D eigenvalue weighted by atomic mass is 10.1. The van der Waals surface area contributed by atoms with Gasteiger partial charge >= 0.3 is 0 Å². The Morgan fingerprint density at radius 3 is 2.91 bits per heavy atom. The van der Waals surface area contributed by atoms with E-state index in [1.807, 2.05) is 22.9 Å². The molecule has 0 atom stereocenters. The molecule has 0 saturated heterocycles. The SMILES string of the molecule is CCNS(=O)(=O)c1sc(Nc2nc(C3=CCCNC3)cn3c(-c4cn[nH]c4)cnc23)cc1C. The molecule has 10 nitrogen and oxygen atoms in total. The minimum Gasteiger partial charge on any atom is -0.329 e. The monoisotopic (exact) mass is 484 g/mol. The number of thiophene rings is 1. The largest absolute Gasteiger partial charge is 0.329 e. The molecule has 0 amide bonds. The van der Waals surface area contributed by atoms with Gasteiger partial charge in [0.1, 0.15) is 4.21 Å². The Kier molecular flexibility index (Phi) is 5.74. The van der Waals surface area contributed by atoms with Gasteiger partial charge in [-0.1, -0.05) is 13.0 Å². The number of sulfonamides is 1. The molecule has 5 rings (SSSR count). The summed E-state index contributed by atoms with van der Waals surface area (Å²) in [6.45, 7) is 5.56. The quantitative estimate of drug-likeness (QED) is 0.317. The lowest BCUT2D eigenvalue weighted by Crippen LogP contribution is -2.22. The summed E-state index contributed by atoms with van der Waals surface area (Å²) in [5.74, 6) is 0.558. The van der Waals surface area contributed by atoms with Crippen molar-refractivity contribution < 1.29 is 8.42 Å². The summed E-state index contributed by atoms with van der Waals surface area (Å²) in [5, 5.41) is 14.3. The molecule has 0 aromatic carbocycles. The third kappa shape index (κ3) is 4.17. The van der Waals surface area contributed by atoms with Crippen molar-refractivity contribution in [3.63, 3.8) is 0 Å². The van der Waals surface area contributed by atoms with Crippen molar-refractivity contribution in [2.45, 2.75) is 24.5 Å². The van der Waals surface area contributed by atoms with Gasteiger partial charge in [-0.3, -0.25) is 9.50 Å². The number of fused-ring (bicyclic) bond motifs is 1. The highest BCUT2D eigenvalue weighted by Gasteiger charge is 2.21. The van der Waals surface area contributed by atoms with Crippen molar-refractivity contribution in [1.82, 2.24) is 34.6 Å². The molecular formula is C21H24N8O2S2. The van der Waals surface area contributed by atoms with Gasteiger partial charge in [-0.25, -0.2) is 23.1 Å².